The number of aliphatic hydroxyl groups excluding tert-OH is 2. The van der Waals surface area contributed by atoms with Crippen LogP contribution in [0.3, 0.4) is 0 Å². The van der Waals surface area contributed by atoms with Crippen molar-refractivity contribution < 1.29 is 48.7 Å². The molecule has 2 fully saturated rings. The normalized spacial score (nSPS) is 16.6. The summed E-state index contributed by atoms with van der Waals surface area (Å²) in [4.78, 5) is 85.7. The predicted octanol–water partition coefficient (Wildman–Crippen LogP) is 10.1. The zero-order chi connectivity index (χ0) is 55.1. The van der Waals surface area contributed by atoms with Crippen molar-refractivity contribution >= 4 is 59.3 Å². The van der Waals surface area contributed by atoms with Crippen LogP contribution in [-0.2, 0) is 19.1 Å². The quantitative estimate of drug-likeness (QED) is 0.0682. The molecule has 19 heteroatoms. The molecule has 400 valence electrons. The van der Waals surface area contributed by atoms with Crippen molar-refractivity contribution in [1.29, 1.82) is 0 Å². The minimum Gasteiger partial charge on any atom is -0.444 e. The number of hydrogen-bond acceptors (Lipinski definition) is 13. The van der Waals surface area contributed by atoms with E-state index in [0.29, 0.717) is 22.3 Å². The molecular formula is C56H68N6O12S. The van der Waals surface area contributed by atoms with Crippen molar-refractivity contribution in [3.05, 3.63) is 127 Å². The summed E-state index contributed by atoms with van der Waals surface area (Å²) in [6.45, 7) is 18.0. The molecule has 0 radical (unpaired) electrons. The number of carbonyl (C=O) groups excluding carboxylic acids is 4. The summed E-state index contributed by atoms with van der Waals surface area (Å²) in [5.41, 5.74) is 1.43. The molecule has 0 bridgehead atoms. The lowest BCUT2D eigenvalue weighted by Gasteiger charge is -2.40. The van der Waals surface area contributed by atoms with E-state index in [0.717, 1.165) is 22.9 Å². The van der Waals surface area contributed by atoms with Crippen molar-refractivity contribution in [3.63, 3.8) is 0 Å². The number of nitro benzene ring substituents is 2. The highest BCUT2D eigenvalue weighted by molar-refractivity contribution is 7.99. The van der Waals surface area contributed by atoms with Gasteiger partial charge in [-0.2, -0.15) is 0 Å². The Morgan fingerprint density at radius 2 is 0.973 bits per heavy atom. The van der Waals surface area contributed by atoms with Gasteiger partial charge in [-0.15, -0.1) is 0 Å². The number of aliphatic hydroxyl groups is 2. The summed E-state index contributed by atoms with van der Waals surface area (Å²) in [5.74, 6) is -1.18. The third-order valence-corrected chi connectivity index (χ3v) is 13.8. The second-order valence-corrected chi connectivity index (χ2v) is 22.2. The molecule has 2 aliphatic heterocycles. The molecule has 2 aliphatic rings. The van der Waals surface area contributed by atoms with Gasteiger partial charge in [0.25, 0.3) is 11.4 Å². The van der Waals surface area contributed by atoms with Crippen LogP contribution in [0.4, 0.5) is 21.0 Å². The van der Waals surface area contributed by atoms with E-state index in [4.69, 9.17) is 9.47 Å². The summed E-state index contributed by atoms with van der Waals surface area (Å²) in [7, 11) is 0. The Labute approximate surface area is 442 Å². The smallest absolute Gasteiger partial charge is 0.410 e. The Kier molecular flexibility index (Phi) is 18.3. The number of piperazine rings is 2. The molecule has 2 saturated heterocycles. The van der Waals surface area contributed by atoms with E-state index in [2.05, 4.69) is 0 Å². The molecule has 4 aromatic carbocycles. The monoisotopic (exact) mass is 1050 g/mol. The Bertz CT molecular complexity index is 2680. The SMILES string of the molecule is CC(C)c1ccccc1-c1c(/C=C/C(=O)N2CCN(C(=O)OC(C)(C)C)CC2CO)ccc(Sc2ccc(/C=C/C(=O)N3CCN(C(=O)OC(C)(C)C)CC3CO)c(-c3ccccc3C(C)C)c2[N+](=O)[O-])c1[N+](=O)[O-]. The van der Waals surface area contributed by atoms with E-state index in [1.54, 1.807) is 77.9 Å². The zero-order valence-electron chi connectivity index (χ0n) is 44.3. The summed E-state index contributed by atoms with van der Waals surface area (Å²) < 4.78 is 11.0. The summed E-state index contributed by atoms with van der Waals surface area (Å²) in [6.07, 6.45) is 4.42. The summed E-state index contributed by atoms with van der Waals surface area (Å²) in [6, 6.07) is 19.2. The van der Waals surface area contributed by atoms with Crippen LogP contribution >= 0.6 is 11.8 Å². The Hall–Kier alpha value is -7.09. The third kappa shape index (κ3) is 13.8. The average Bonchev–Trinajstić information content (AvgIpc) is 3.35. The fourth-order valence-corrected chi connectivity index (χ4v) is 10.3. The number of hydrogen-bond donors (Lipinski definition) is 2. The summed E-state index contributed by atoms with van der Waals surface area (Å²) >= 11 is 0.851. The molecule has 4 amide bonds. The van der Waals surface area contributed by atoms with Crippen molar-refractivity contribution in [2.45, 2.75) is 114 Å². The summed E-state index contributed by atoms with van der Waals surface area (Å²) in [5, 5.41) is 47.9. The van der Waals surface area contributed by atoms with Gasteiger partial charge in [-0.1, -0.05) is 100 Å². The molecule has 2 N–H and O–H groups in total. The van der Waals surface area contributed by atoms with E-state index in [1.807, 2.05) is 52.0 Å². The Morgan fingerprint density at radius 1 is 0.613 bits per heavy atom. The van der Waals surface area contributed by atoms with Crippen molar-refractivity contribution in [2.24, 2.45) is 0 Å². The maximum Gasteiger partial charge on any atom is 0.410 e. The number of ether oxygens (including phenoxy) is 2. The molecule has 0 aromatic heterocycles. The van der Waals surface area contributed by atoms with Gasteiger partial charge in [-0.05, 0) is 111 Å². The second-order valence-electron chi connectivity index (χ2n) is 21.1. The molecule has 75 heavy (non-hydrogen) atoms. The Morgan fingerprint density at radius 3 is 1.29 bits per heavy atom. The fourth-order valence-electron chi connectivity index (χ4n) is 9.22. The maximum absolute atomic E-state index is 13.9. The largest absolute Gasteiger partial charge is 0.444 e. The standard InChI is InChI=1S/C56H68N6O12S/c1-35(2)41-15-11-13-17-43(41)49-37(21-25-47(65)59-29-27-57(31-39(59)33-63)53(67)73-55(5,6)7)19-23-45(51(49)61(69)70)75-46-24-20-38(50(52(46)62(71)72)44-18-14-12-16-42(44)36(3)4)22-26-48(66)60-30-28-58(32-40(60)34-64)54(68)74-56(8,9)10/h11-26,35-36,39-40,63-64H,27-34H2,1-10H3/b25-21+,26-22+. The number of carbonyl (C=O) groups is 4. The van der Waals surface area contributed by atoms with Gasteiger partial charge in [-0.3, -0.25) is 29.8 Å². The number of amides is 4. The van der Waals surface area contributed by atoms with Gasteiger partial charge in [0, 0.05) is 51.4 Å². The number of nitrogens with zero attached hydrogens (tertiary/aromatic N) is 6. The molecule has 0 aliphatic carbocycles. The second kappa shape index (κ2) is 24.1. The van der Waals surface area contributed by atoms with Crippen molar-refractivity contribution in [3.8, 4) is 22.3 Å². The minimum absolute atomic E-state index is 0.0308. The predicted molar refractivity (Wildman–Crippen MR) is 288 cm³/mol. The van der Waals surface area contributed by atoms with Crippen LogP contribution < -0.4 is 0 Å². The highest BCUT2D eigenvalue weighted by Gasteiger charge is 2.36. The maximum atomic E-state index is 13.9. The highest BCUT2D eigenvalue weighted by atomic mass is 32.2. The first-order chi connectivity index (χ1) is 35.3. The lowest BCUT2D eigenvalue weighted by Crippen LogP contribution is -2.58. The molecular weight excluding hydrogens is 981 g/mol. The first kappa shape index (κ1) is 57.2. The molecule has 2 atom stereocenters. The van der Waals surface area contributed by atoms with Crippen molar-refractivity contribution in [2.75, 3.05) is 52.5 Å². The lowest BCUT2D eigenvalue weighted by molar-refractivity contribution is -0.387. The topological polar surface area (TPSA) is 226 Å². The number of benzene rings is 4. The van der Waals surface area contributed by atoms with Crippen LogP contribution in [0.15, 0.2) is 94.7 Å². The van der Waals surface area contributed by atoms with Crippen LogP contribution in [-0.4, -0.2) is 139 Å². The first-order valence-electron chi connectivity index (χ1n) is 25.0. The van der Waals surface area contributed by atoms with Gasteiger partial charge in [0.2, 0.25) is 11.8 Å². The molecule has 0 saturated carbocycles. The number of nitro groups is 2. The van der Waals surface area contributed by atoms with Crippen LogP contribution in [0, 0.1) is 20.2 Å². The van der Waals surface area contributed by atoms with Crippen LogP contribution in [0.2, 0.25) is 0 Å². The minimum atomic E-state index is -0.750. The van der Waals surface area contributed by atoms with Crippen LogP contribution in [0.1, 0.15) is 103 Å². The molecule has 2 heterocycles. The third-order valence-electron chi connectivity index (χ3n) is 12.7. The number of rotatable bonds is 14. The van der Waals surface area contributed by atoms with Gasteiger partial charge >= 0.3 is 12.2 Å². The van der Waals surface area contributed by atoms with E-state index in [9.17, 15) is 49.6 Å². The van der Waals surface area contributed by atoms with E-state index >= 15 is 0 Å². The van der Waals surface area contributed by atoms with Gasteiger partial charge < -0.3 is 39.3 Å². The molecule has 0 spiro atoms. The van der Waals surface area contributed by atoms with Crippen LogP contribution in [0.25, 0.3) is 34.4 Å². The van der Waals surface area contributed by atoms with Gasteiger partial charge in [0.05, 0.1) is 56.1 Å². The van der Waals surface area contributed by atoms with Gasteiger partial charge in [0.1, 0.15) is 11.2 Å². The van der Waals surface area contributed by atoms with Crippen LogP contribution in [0.5, 0.6) is 0 Å². The molecule has 2 unspecified atom stereocenters. The van der Waals surface area contributed by atoms with Gasteiger partial charge in [0.15, 0.2) is 0 Å². The van der Waals surface area contributed by atoms with E-state index in [-0.39, 0.29) is 83.4 Å². The lowest BCUT2D eigenvalue weighted by atomic mass is 9.89. The molecule has 6 rings (SSSR count). The van der Waals surface area contributed by atoms with Crippen molar-refractivity contribution in [1.82, 2.24) is 19.6 Å². The molecule has 18 nitrogen and oxygen atoms in total. The van der Waals surface area contributed by atoms with E-state index < -0.39 is 70.3 Å². The fraction of sp³-hybridized carbons (Fsp3) is 0.429. The van der Waals surface area contributed by atoms with E-state index in [1.165, 1.54) is 56.0 Å². The first-order valence-corrected chi connectivity index (χ1v) is 25.8. The average molecular weight is 1050 g/mol. The highest BCUT2D eigenvalue weighted by Crippen LogP contribution is 2.50. The van der Waals surface area contributed by atoms with Gasteiger partial charge in [-0.25, -0.2) is 9.59 Å². The zero-order valence-corrected chi connectivity index (χ0v) is 45.1. The molecule has 4 aromatic rings. The Balaban J connectivity index is 1.44.